The fraction of sp³-hybridized carbons (Fsp3) is 0.133. The molecule has 0 aromatic heterocycles. The number of benzene rings is 2. The lowest BCUT2D eigenvalue weighted by atomic mass is 10.3. The Labute approximate surface area is 112 Å². The maximum absolute atomic E-state index is 11.8. The zero-order valence-corrected chi connectivity index (χ0v) is 10.7. The minimum atomic E-state index is -0.503. The summed E-state index contributed by atoms with van der Waals surface area (Å²) >= 11 is 0. The molecule has 1 N–H and O–H groups in total. The van der Waals surface area contributed by atoms with E-state index in [1.54, 1.807) is 17.1 Å². The monoisotopic (exact) mass is 256 g/mol. The fourth-order valence-electron chi connectivity index (χ4n) is 1.66. The van der Waals surface area contributed by atoms with Gasteiger partial charge in [0.15, 0.2) is 0 Å². The van der Waals surface area contributed by atoms with Crippen molar-refractivity contribution >= 4 is 11.8 Å². The Bertz CT molecular complexity index is 514. The molecular weight excluding hydrogens is 240 g/mol. The highest BCUT2D eigenvalue weighted by Gasteiger charge is 2.09. The lowest BCUT2D eigenvalue weighted by Gasteiger charge is -2.23. The molecule has 0 fully saturated rings. The van der Waals surface area contributed by atoms with E-state index in [0.29, 0.717) is 12.3 Å². The molecule has 0 radical (unpaired) electrons. The molecule has 0 atom stereocenters. The first-order valence-corrected chi connectivity index (χ1v) is 6.15. The summed E-state index contributed by atoms with van der Waals surface area (Å²) in [7, 11) is 0. The van der Waals surface area contributed by atoms with Gasteiger partial charge in [-0.05, 0) is 31.2 Å². The Kier molecular flexibility index (Phi) is 4.39. The van der Waals surface area contributed by atoms with Crippen molar-refractivity contribution in [2.45, 2.75) is 6.92 Å². The number of para-hydroxylation sites is 2. The summed E-state index contributed by atoms with van der Waals surface area (Å²) in [4.78, 5) is 11.8. The van der Waals surface area contributed by atoms with Crippen molar-refractivity contribution in [1.29, 1.82) is 0 Å². The summed E-state index contributed by atoms with van der Waals surface area (Å²) in [6, 6.07) is 18.6. The largest absolute Gasteiger partial charge is 0.431 e. The second kappa shape index (κ2) is 6.44. The van der Waals surface area contributed by atoms with Gasteiger partial charge in [0, 0.05) is 6.54 Å². The van der Waals surface area contributed by atoms with E-state index in [0.717, 1.165) is 5.69 Å². The normalized spacial score (nSPS) is 9.74. The van der Waals surface area contributed by atoms with Crippen molar-refractivity contribution in [3.8, 4) is 5.75 Å². The summed E-state index contributed by atoms with van der Waals surface area (Å²) in [5, 5.41) is 1.73. The van der Waals surface area contributed by atoms with E-state index in [1.165, 1.54) is 0 Å². The van der Waals surface area contributed by atoms with Crippen LogP contribution in [0.15, 0.2) is 60.7 Å². The number of hydrogen-bond donors (Lipinski definition) is 1. The molecular formula is C15H16N2O2. The van der Waals surface area contributed by atoms with Crippen LogP contribution in [0.2, 0.25) is 0 Å². The molecule has 19 heavy (non-hydrogen) atoms. The van der Waals surface area contributed by atoms with Gasteiger partial charge in [-0.2, -0.15) is 0 Å². The van der Waals surface area contributed by atoms with Crippen molar-refractivity contribution in [2.75, 3.05) is 11.6 Å². The number of anilines is 1. The third kappa shape index (κ3) is 3.74. The average molecular weight is 256 g/mol. The second-order valence-electron chi connectivity index (χ2n) is 3.89. The van der Waals surface area contributed by atoms with Gasteiger partial charge < -0.3 is 4.74 Å². The smallest absolute Gasteiger partial charge is 0.409 e. The molecule has 2 aromatic carbocycles. The van der Waals surface area contributed by atoms with Gasteiger partial charge in [-0.25, -0.2) is 10.2 Å². The van der Waals surface area contributed by atoms with Crippen molar-refractivity contribution < 1.29 is 9.53 Å². The van der Waals surface area contributed by atoms with Crippen molar-refractivity contribution in [2.24, 2.45) is 0 Å². The number of hydrazine groups is 1. The van der Waals surface area contributed by atoms with E-state index in [4.69, 9.17) is 4.74 Å². The summed E-state index contributed by atoms with van der Waals surface area (Å²) in [6.07, 6.45) is -0.503. The van der Waals surface area contributed by atoms with Crippen LogP contribution in [-0.2, 0) is 0 Å². The van der Waals surface area contributed by atoms with Crippen LogP contribution in [0.25, 0.3) is 0 Å². The topological polar surface area (TPSA) is 41.6 Å². The lowest BCUT2D eigenvalue weighted by molar-refractivity contribution is 0.199. The zero-order chi connectivity index (χ0) is 13.5. The quantitative estimate of drug-likeness (QED) is 0.854. The van der Waals surface area contributed by atoms with Crippen LogP contribution in [0.3, 0.4) is 0 Å². The van der Waals surface area contributed by atoms with Crippen LogP contribution in [-0.4, -0.2) is 12.6 Å². The first-order valence-electron chi connectivity index (χ1n) is 6.15. The number of amides is 1. The minimum absolute atomic E-state index is 0.503. The molecule has 0 bridgehead atoms. The lowest BCUT2D eigenvalue weighted by Crippen LogP contribution is -2.43. The fourth-order valence-corrected chi connectivity index (χ4v) is 1.66. The molecule has 0 saturated heterocycles. The van der Waals surface area contributed by atoms with Gasteiger partial charge in [-0.1, -0.05) is 36.4 Å². The van der Waals surface area contributed by atoms with Gasteiger partial charge in [-0.3, -0.25) is 5.01 Å². The molecule has 0 unspecified atom stereocenters. The third-order valence-electron chi connectivity index (χ3n) is 2.56. The maximum atomic E-state index is 11.8. The molecule has 0 aliphatic rings. The minimum Gasteiger partial charge on any atom is -0.409 e. The van der Waals surface area contributed by atoms with E-state index in [-0.39, 0.29) is 0 Å². The van der Waals surface area contributed by atoms with Crippen LogP contribution in [0.1, 0.15) is 6.92 Å². The van der Waals surface area contributed by atoms with Gasteiger partial charge >= 0.3 is 6.09 Å². The zero-order valence-electron chi connectivity index (χ0n) is 10.7. The number of nitrogens with one attached hydrogen (secondary N) is 1. The van der Waals surface area contributed by atoms with Crippen molar-refractivity contribution in [3.63, 3.8) is 0 Å². The Hall–Kier alpha value is -2.49. The number of carbonyl (C=O) groups excluding carboxylic acids is 1. The summed E-state index contributed by atoms with van der Waals surface area (Å²) in [6.45, 7) is 2.60. The Morgan fingerprint density at radius 1 is 1.05 bits per heavy atom. The molecule has 0 aliphatic carbocycles. The molecule has 2 rings (SSSR count). The van der Waals surface area contributed by atoms with E-state index >= 15 is 0 Å². The van der Waals surface area contributed by atoms with Gasteiger partial charge in [0.05, 0.1) is 5.69 Å². The van der Waals surface area contributed by atoms with E-state index < -0.39 is 6.09 Å². The Morgan fingerprint density at radius 3 is 2.21 bits per heavy atom. The molecule has 0 aliphatic heterocycles. The van der Waals surface area contributed by atoms with E-state index in [1.807, 2.05) is 55.5 Å². The predicted octanol–water partition coefficient (Wildman–Crippen LogP) is 3.22. The maximum Gasteiger partial charge on any atom is 0.431 e. The van der Waals surface area contributed by atoms with E-state index in [2.05, 4.69) is 5.43 Å². The van der Waals surface area contributed by atoms with Crippen LogP contribution < -0.4 is 15.2 Å². The SMILES string of the molecule is CCN(NC(=O)Oc1ccccc1)c1ccccc1. The summed E-state index contributed by atoms with van der Waals surface area (Å²) in [5.74, 6) is 0.518. The third-order valence-corrected chi connectivity index (χ3v) is 2.56. The average Bonchev–Trinajstić information content (AvgIpc) is 2.47. The van der Waals surface area contributed by atoms with E-state index in [9.17, 15) is 4.79 Å². The highest BCUT2D eigenvalue weighted by atomic mass is 16.6. The predicted molar refractivity (Wildman–Crippen MR) is 75.1 cm³/mol. The van der Waals surface area contributed by atoms with Crippen LogP contribution >= 0.6 is 0 Å². The molecule has 0 spiro atoms. The van der Waals surface area contributed by atoms with Crippen LogP contribution in [0, 0.1) is 0 Å². The number of ether oxygens (including phenoxy) is 1. The highest BCUT2D eigenvalue weighted by molar-refractivity contribution is 5.72. The Balaban J connectivity index is 1.97. The second-order valence-corrected chi connectivity index (χ2v) is 3.89. The Morgan fingerprint density at radius 2 is 1.63 bits per heavy atom. The highest BCUT2D eigenvalue weighted by Crippen LogP contribution is 2.12. The number of rotatable bonds is 4. The number of nitrogens with zero attached hydrogens (tertiary/aromatic N) is 1. The molecule has 2 aromatic rings. The number of carbonyl (C=O) groups is 1. The van der Waals surface area contributed by atoms with Crippen molar-refractivity contribution in [1.82, 2.24) is 5.43 Å². The molecule has 4 nitrogen and oxygen atoms in total. The van der Waals surface area contributed by atoms with Gasteiger partial charge in [0.25, 0.3) is 0 Å². The van der Waals surface area contributed by atoms with Crippen LogP contribution in [0.4, 0.5) is 10.5 Å². The molecule has 4 heteroatoms. The summed E-state index contributed by atoms with van der Waals surface area (Å²) < 4.78 is 5.18. The standard InChI is InChI=1S/C15H16N2O2/c1-2-17(13-9-5-3-6-10-13)16-15(18)19-14-11-7-4-8-12-14/h3-12H,2H2,1H3,(H,16,18). The van der Waals surface area contributed by atoms with Gasteiger partial charge in [-0.15, -0.1) is 0 Å². The first-order chi connectivity index (χ1) is 9.29. The molecule has 0 heterocycles. The molecule has 0 saturated carbocycles. The molecule has 98 valence electrons. The van der Waals surface area contributed by atoms with Crippen LogP contribution in [0.5, 0.6) is 5.75 Å². The van der Waals surface area contributed by atoms with Gasteiger partial charge in [0.2, 0.25) is 0 Å². The van der Waals surface area contributed by atoms with Crippen molar-refractivity contribution in [3.05, 3.63) is 60.7 Å². The first kappa shape index (κ1) is 13.0. The molecule has 1 amide bonds. The number of hydrogen-bond acceptors (Lipinski definition) is 3. The van der Waals surface area contributed by atoms with Gasteiger partial charge in [0.1, 0.15) is 5.75 Å². The summed E-state index contributed by atoms with van der Waals surface area (Å²) in [5.41, 5.74) is 3.62.